The van der Waals surface area contributed by atoms with Crippen LogP contribution in [0.1, 0.15) is 5.56 Å². The summed E-state index contributed by atoms with van der Waals surface area (Å²) in [7, 11) is 0. The molecule has 0 saturated heterocycles. The highest BCUT2D eigenvalue weighted by atomic mass is 16.2. The van der Waals surface area contributed by atoms with Crippen LogP contribution in [0, 0.1) is 6.92 Å². The molecule has 0 fully saturated rings. The zero-order valence-corrected chi connectivity index (χ0v) is 8.95. The molecule has 5 heteroatoms. The van der Waals surface area contributed by atoms with Crippen LogP contribution in [0.2, 0.25) is 0 Å². The Morgan fingerprint density at radius 1 is 1.31 bits per heavy atom. The second kappa shape index (κ2) is 3.86. The molecule has 0 spiro atoms. The van der Waals surface area contributed by atoms with Gasteiger partial charge >= 0.3 is 6.03 Å². The third-order valence-corrected chi connectivity index (χ3v) is 2.28. The molecule has 84 valence electrons. The van der Waals surface area contributed by atoms with Gasteiger partial charge in [-0.2, -0.15) is 0 Å². The van der Waals surface area contributed by atoms with Crippen LogP contribution in [-0.4, -0.2) is 11.8 Å². The fraction of sp³-hybridized carbons (Fsp3) is 0.182. The highest BCUT2D eigenvalue weighted by Gasteiger charge is 2.26. The molecule has 1 aromatic carbocycles. The lowest BCUT2D eigenvalue weighted by atomic mass is 10.2. The molecule has 1 atom stereocenters. The highest BCUT2D eigenvalue weighted by molar-refractivity contribution is 5.78. The molecule has 1 aliphatic rings. The average molecular weight is 218 g/mol. The predicted octanol–water partition coefficient (Wildman–Crippen LogP) is 0.846. The number of anilines is 1. The number of amides is 2. The second-order valence-corrected chi connectivity index (χ2v) is 3.79. The van der Waals surface area contributed by atoms with Gasteiger partial charge in [-0.3, -0.25) is 11.1 Å². The lowest BCUT2D eigenvalue weighted by molar-refractivity contribution is 0.235. The zero-order valence-electron chi connectivity index (χ0n) is 8.95. The van der Waals surface area contributed by atoms with E-state index in [0.29, 0.717) is 0 Å². The molecule has 5 nitrogen and oxygen atoms in total. The molecule has 0 aromatic heterocycles. The Hall–Kier alpha value is -2.01. The summed E-state index contributed by atoms with van der Waals surface area (Å²) in [6.45, 7) is 2.01. The first kappa shape index (κ1) is 10.5. The maximum absolute atomic E-state index is 11.1. The van der Waals surface area contributed by atoms with E-state index in [0.717, 1.165) is 5.69 Å². The topological polar surface area (TPSA) is 79.2 Å². The van der Waals surface area contributed by atoms with Gasteiger partial charge in [0.2, 0.25) is 0 Å². The number of hydrogen-bond acceptors (Lipinski definition) is 3. The van der Waals surface area contributed by atoms with Crippen molar-refractivity contribution in [2.24, 2.45) is 5.73 Å². The van der Waals surface area contributed by atoms with E-state index >= 15 is 0 Å². The summed E-state index contributed by atoms with van der Waals surface area (Å²) in [5, 5.41) is 8.10. The van der Waals surface area contributed by atoms with E-state index in [1.165, 1.54) is 11.8 Å². The number of nitrogens with two attached hydrogens (primary N) is 1. The first-order chi connectivity index (χ1) is 7.57. The normalized spacial score (nSPS) is 23.5. The van der Waals surface area contributed by atoms with Crippen molar-refractivity contribution in [1.29, 1.82) is 0 Å². The molecule has 1 aliphatic heterocycles. The number of nitrogens with one attached hydrogen (secondary N) is 3. The molecule has 0 radical (unpaired) electrons. The van der Waals surface area contributed by atoms with Gasteiger partial charge in [0.05, 0.1) is 0 Å². The maximum atomic E-state index is 11.1. The third-order valence-electron chi connectivity index (χ3n) is 2.28. The molecule has 0 saturated carbocycles. The Kier molecular flexibility index (Phi) is 2.54. The van der Waals surface area contributed by atoms with E-state index in [4.69, 9.17) is 5.73 Å². The van der Waals surface area contributed by atoms with Gasteiger partial charge in [-0.15, -0.1) is 0 Å². The van der Waals surface area contributed by atoms with Crippen molar-refractivity contribution in [3.63, 3.8) is 0 Å². The zero-order chi connectivity index (χ0) is 11.6. The second-order valence-electron chi connectivity index (χ2n) is 3.79. The van der Waals surface area contributed by atoms with Gasteiger partial charge in [-0.05, 0) is 25.1 Å². The summed E-state index contributed by atoms with van der Waals surface area (Å²) in [6, 6.07) is 7.43. The van der Waals surface area contributed by atoms with E-state index in [1.54, 1.807) is 6.08 Å². The number of hydrogen-bond donors (Lipinski definition) is 4. The minimum Gasteiger partial charge on any atom is -0.347 e. The Balaban J connectivity index is 2.14. The van der Waals surface area contributed by atoms with Crippen LogP contribution in [0.4, 0.5) is 10.5 Å². The Bertz CT molecular complexity index is 426. The molecule has 2 amide bonds. The Labute approximate surface area is 93.7 Å². The molecule has 5 N–H and O–H groups in total. The lowest BCUT2D eigenvalue weighted by Crippen LogP contribution is -2.64. The van der Waals surface area contributed by atoms with Crippen LogP contribution in [-0.2, 0) is 0 Å². The van der Waals surface area contributed by atoms with Gasteiger partial charge in [0.15, 0.2) is 5.79 Å². The fourth-order valence-electron chi connectivity index (χ4n) is 1.46. The molecule has 0 bridgehead atoms. The lowest BCUT2D eigenvalue weighted by Gasteiger charge is -2.31. The largest absolute Gasteiger partial charge is 0.347 e. The van der Waals surface area contributed by atoms with Crippen LogP contribution in [0.5, 0.6) is 0 Å². The number of rotatable bonds is 2. The first-order valence-corrected chi connectivity index (χ1v) is 4.97. The molecule has 0 aliphatic carbocycles. The summed E-state index contributed by atoms with van der Waals surface area (Å²) in [5.74, 6) is -1.04. The van der Waals surface area contributed by atoms with Gasteiger partial charge in [-0.1, -0.05) is 17.7 Å². The fourth-order valence-corrected chi connectivity index (χ4v) is 1.46. The van der Waals surface area contributed by atoms with Crippen LogP contribution in [0.15, 0.2) is 36.5 Å². The molecule has 2 rings (SSSR count). The van der Waals surface area contributed by atoms with Crippen LogP contribution < -0.4 is 21.7 Å². The smallest absolute Gasteiger partial charge is 0.321 e. The highest BCUT2D eigenvalue weighted by Crippen LogP contribution is 2.13. The van der Waals surface area contributed by atoms with E-state index in [-0.39, 0.29) is 6.03 Å². The van der Waals surface area contributed by atoms with Gasteiger partial charge < -0.3 is 10.6 Å². The summed E-state index contributed by atoms with van der Waals surface area (Å²) >= 11 is 0. The van der Waals surface area contributed by atoms with Crippen LogP contribution >= 0.6 is 0 Å². The monoisotopic (exact) mass is 218 g/mol. The average Bonchev–Trinajstić information content (AvgIpc) is 2.21. The van der Waals surface area contributed by atoms with Crippen LogP contribution in [0.3, 0.4) is 0 Å². The van der Waals surface area contributed by atoms with Crippen molar-refractivity contribution in [1.82, 2.24) is 10.6 Å². The van der Waals surface area contributed by atoms with Gasteiger partial charge in [0.25, 0.3) is 0 Å². The minimum absolute atomic E-state index is 0.329. The minimum atomic E-state index is -1.04. The number of urea groups is 1. The van der Waals surface area contributed by atoms with Crippen molar-refractivity contribution in [2.75, 3.05) is 5.32 Å². The quantitative estimate of drug-likeness (QED) is 0.555. The Morgan fingerprint density at radius 2 is 2.00 bits per heavy atom. The summed E-state index contributed by atoms with van der Waals surface area (Å²) in [4.78, 5) is 11.1. The summed E-state index contributed by atoms with van der Waals surface area (Å²) in [6.07, 6.45) is 3.16. The van der Waals surface area contributed by atoms with Gasteiger partial charge in [0.1, 0.15) is 0 Å². The van der Waals surface area contributed by atoms with Crippen molar-refractivity contribution in [2.45, 2.75) is 12.7 Å². The number of benzene rings is 1. The number of carbonyl (C=O) groups excluding carboxylic acids is 1. The molecule has 1 heterocycles. The standard InChI is InChI=1S/C11H14N4O/c1-8-2-4-9(5-3-8)14-11(12)6-7-13-10(16)15-11/h2-7,14H,12H2,1H3,(H2,13,15,16). The van der Waals surface area contributed by atoms with Crippen LogP contribution in [0.25, 0.3) is 0 Å². The van der Waals surface area contributed by atoms with E-state index in [2.05, 4.69) is 16.0 Å². The molecular weight excluding hydrogens is 204 g/mol. The third kappa shape index (κ3) is 2.32. The molecule has 1 unspecified atom stereocenters. The molecule has 16 heavy (non-hydrogen) atoms. The van der Waals surface area contributed by atoms with Crippen molar-refractivity contribution in [3.8, 4) is 0 Å². The van der Waals surface area contributed by atoms with Crippen molar-refractivity contribution >= 4 is 11.7 Å². The van der Waals surface area contributed by atoms with E-state index in [9.17, 15) is 4.79 Å². The van der Waals surface area contributed by atoms with Crippen molar-refractivity contribution in [3.05, 3.63) is 42.1 Å². The predicted molar refractivity (Wildman–Crippen MR) is 62.5 cm³/mol. The SMILES string of the molecule is Cc1ccc(NC2(N)C=CNC(=O)N2)cc1. The summed E-state index contributed by atoms with van der Waals surface area (Å²) < 4.78 is 0. The van der Waals surface area contributed by atoms with Crippen molar-refractivity contribution < 1.29 is 4.79 Å². The maximum Gasteiger partial charge on any atom is 0.321 e. The van der Waals surface area contributed by atoms with Gasteiger partial charge in [-0.25, -0.2) is 4.79 Å². The number of carbonyl (C=O) groups is 1. The molecular formula is C11H14N4O. The molecule has 1 aromatic rings. The van der Waals surface area contributed by atoms with Gasteiger partial charge in [0, 0.05) is 11.9 Å². The van der Waals surface area contributed by atoms with E-state index < -0.39 is 5.79 Å². The summed E-state index contributed by atoms with van der Waals surface area (Å²) in [5.41, 5.74) is 7.96. The number of aryl methyl sites for hydroxylation is 1. The Morgan fingerprint density at radius 3 is 2.62 bits per heavy atom. The van der Waals surface area contributed by atoms with E-state index in [1.807, 2.05) is 31.2 Å². The first-order valence-electron chi connectivity index (χ1n) is 4.97.